The van der Waals surface area contributed by atoms with Crippen LogP contribution in [0.15, 0.2) is 103 Å². The Balaban J connectivity index is 1.64. The molecule has 0 saturated heterocycles. The maximum Gasteiger partial charge on any atom is 0.0998 e. The summed E-state index contributed by atoms with van der Waals surface area (Å²) in [5.74, 6) is 0. The van der Waals surface area contributed by atoms with Crippen molar-refractivity contribution in [3.63, 3.8) is 0 Å². The second kappa shape index (κ2) is 10.5. The molecule has 2 heterocycles. The van der Waals surface area contributed by atoms with Crippen LogP contribution in [0.1, 0.15) is 38.9 Å². The molecule has 0 saturated carbocycles. The largest absolute Gasteiger partial charge is 0.307 e. The lowest BCUT2D eigenvalue weighted by Crippen LogP contribution is -2.07. The molecule has 0 aliphatic carbocycles. The number of hydrogen-bond donors (Lipinski definition) is 0. The third-order valence-electron chi connectivity index (χ3n) is 9.79. The Morgan fingerprint density at radius 3 is 1.23 bits per heavy atom. The molecule has 0 aliphatic heterocycles. The zero-order chi connectivity index (χ0) is 32.6. The maximum absolute atomic E-state index is 10.8. The van der Waals surface area contributed by atoms with Gasteiger partial charge in [-0.05, 0) is 92.3 Å². The Kier molecular flexibility index (Phi) is 6.33. The zero-order valence-corrected chi connectivity index (χ0v) is 27.1. The third kappa shape index (κ3) is 4.05. The fourth-order valence-electron chi connectivity index (χ4n) is 7.68. The Morgan fingerprint density at radius 1 is 0.426 bits per heavy atom. The lowest BCUT2D eigenvalue weighted by molar-refractivity contribution is 1.08. The van der Waals surface area contributed by atoms with E-state index in [1.807, 2.05) is 25.1 Å². The van der Waals surface area contributed by atoms with Gasteiger partial charge >= 0.3 is 0 Å². The zero-order valence-electron chi connectivity index (χ0n) is 27.1. The molecule has 6 aromatic carbocycles. The van der Waals surface area contributed by atoms with E-state index in [-0.39, 0.29) is 0 Å². The third-order valence-corrected chi connectivity index (χ3v) is 9.79. The number of fused-ring (bicyclic) bond motifs is 6. The number of benzene rings is 6. The first-order valence-electron chi connectivity index (χ1n) is 15.9. The number of nitrogens with zero attached hydrogens (tertiary/aromatic N) is 4. The van der Waals surface area contributed by atoms with Crippen LogP contribution < -0.4 is 0 Å². The van der Waals surface area contributed by atoms with Crippen molar-refractivity contribution in [3.8, 4) is 34.6 Å². The molecule has 0 unspecified atom stereocenters. The van der Waals surface area contributed by atoms with Crippen LogP contribution in [0.4, 0.5) is 0 Å². The van der Waals surface area contributed by atoms with Crippen molar-refractivity contribution in [3.05, 3.63) is 142 Å². The van der Waals surface area contributed by atoms with E-state index in [4.69, 9.17) is 0 Å². The number of hydrogen-bond acceptors (Lipinski definition) is 2. The monoisotopic (exact) mass is 604 g/mol. The van der Waals surface area contributed by atoms with Crippen molar-refractivity contribution >= 4 is 43.6 Å². The summed E-state index contributed by atoms with van der Waals surface area (Å²) in [6.45, 7) is 10.7. The molecule has 0 spiro atoms. The molecule has 0 atom stereocenters. The van der Waals surface area contributed by atoms with E-state index in [9.17, 15) is 10.5 Å². The molecular weight excluding hydrogens is 573 g/mol. The molecule has 0 aliphatic rings. The second-order valence-electron chi connectivity index (χ2n) is 12.7. The van der Waals surface area contributed by atoms with Gasteiger partial charge < -0.3 is 9.13 Å². The van der Waals surface area contributed by atoms with Crippen LogP contribution in [0.5, 0.6) is 0 Å². The molecule has 0 amide bonds. The average molecular weight is 605 g/mol. The van der Waals surface area contributed by atoms with E-state index in [0.717, 1.165) is 50.1 Å². The van der Waals surface area contributed by atoms with Crippen LogP contribution >= 0.6 is 0 Å². The van der Waals surface area contributed by atoms with Crippen molar-refractivity contribution in [2.75, 3.05) is 0 Å². The van der Waals surface area contributed by atoms with Gasteiger partial charge in [-0.15, -0.1) is 0 Å². The number of aryl methyl sites for hydroxylation is 5. The summed E-state index contributed by atoms with van der Waals surface area (Å²) >= 11 is 0. The van der Waals surface area contributed by atoms with E-state index < -0.39 is 0 Å². The summed E-state index contributed by atoms with van der Waals surface area (Å²) in [6.07, 6.45) is 0. The topological polar surface area (TPSA) is 57.4 Å². The summed E-state index contributed by atoms with van der Waals surface area (Å²) in [4.78, 5) is 0. The first kappa shape index (κ1) is 28.4. The highest BCUT2D eigenvalue weighted by molar-refractivity contribution is 6.13. The molecular formula is C43H32N4. The molecule has 8 rings (SSSR count). The molecule has 4 heteroatoms. The molecule has 2 aromatic heterocycles. The molecule has 4 nitrogen and oxygen atoms in total. The Bertz CT molecular complexity index is 2580. The summed E-state index contributed by atoms with van der Waals surface area (Å²) in [6, 6.07) is 40.9. The summed E-state index contributed by atoms with van der Waals surface area (Å²) in [7, 11) is 0. The molecule has 0 bridgehead atoms. The Labute approximate surface area is 274 Å². The van der Waals surface area contributed by atoms with E-state index in [0.29, 0.717) is 11.1 Å². The van der Waals surface area contributed by atoms with Gasteiger partial charge in [0.2, 0.25) is 0 Å². The van der Waals surface area contributed by atoms with E-state index in [1.165, 1.54) is 43.8 Å². The van der Waals surface area contributed by atoms with Gasteiger partial charge in [-0.2, -0.15) is 10.5 Å². The number of rotatable bonds is 3. The predicted molar refractivity (Wildman–Crippen MR) is 194 cm³/mol. The van der Waals surface area contributed by atoms with Crippen LogP contribution in [-0.2, 0) is 0 Å². The van der Waals surface area contributed by atoms with Gasteiger partial charge in [0.25, 0.3) is 0 Å². The molecule has 224 valence electrons. The van der Waals surface area contributed by atoms with E-state index in [2.05, 4.69) is 134 Å². The van der Waals surface area contributed by atoms with Gasteiger partial charge in [0.05, 0.1) is 56.7 Å². The van der Waals surface area contributed by atoms with Gasteiger partial charge in [0.1, 0.15) is 0 Å². The quantitative estimate of drug-likeness (QED) is 0.201. The fourth-order valence-corrected chi connectivity index (χ4v) is 7.68. The van der Waals surface area contributed by atoms with Crippen LogP contribution in [0.25, 0.3) is 66.1 Å². The van der Waals surface area contributed by atoms with E-state index >= 15 is 0 Å². The lowest BCUT2D eigenvalue weighted by atomic mass is 9.93. The first-order chi connectivity index (χ1) is 22.8. The normalized spacial score (nSPS) is 11.5. The van der Waals surface area contributed by atoms with Gasteiger partial charge in [0, 0.05) is 27.1 Å². The van der Waals surface area contributed by atoms with Crippen LogP contribution in [0, 0.1) is 57.3 Å². The van der Waals surface area contributed by atoms with Gasteiger partial charge in [0.15, 0.2) is 0 Å². The van der Waals surface area contributed by atoms with Crippen LogP contribution in [-0.4, -0.2) is 9.13 Å². The van der Waals surface area contributed by atoms with Gasteiger partial charge in [-0.25, -0.2) is 0 Å². The minimum absolute atomic E-state index is 0.586. The molecule has 8 aromatic rings. The SMILES string of the molecule is Cc1cc(C#N)ccc1-c1cc(-n2c3c(C)cccc3c3cccc(C)c32)c(-n2c3c(C)cccc3c3cccc(C)c32)cc1C#N. The van der Waals surface area contributed by atoms with E-state index in [1.54, 1.807) is 0 Å². The highest BCUT2D eigenvalue weighted by atomic mass is 15.1. The number of para-hydroxylation sites is 4. The van der Waals surface area contributed by atoms with Gasteiger partial charge in [-0.3, -0.25) is 0 Å². The summed E-state index contributed by atoms with van der Waals surface area (Å²) < 4.78 is 4.80. The molecule has 0 radical (unpaired) electrons. The van der Waals surface area contributed by atoms with Crippen LogP contribution in [0.2, 0.25) is 0 Å². The molecule has 0 fully saturated rings. The van der Waals surface area contributed by atoms with Crippen molar-refractivity contribution in [2.24, 2.45) is 0 Å². The first-order valence-corrected chi connectivity index (χ1v) is 15.9. The van der Waals surface area contributed by atoms with Crippen molar-refractivity contribution in [1.29, 1.82) is 10.5 Å². The highest BCUT2D eigenvalue weighted by Gasteiger charge is 2.24. The number of nitriles is 2. The molecule has 0 N–H and O–H groups in total. The number of aromatic nitrogens is 2. The fraction of sp³-hybridized carbons (Fsp3) is 0.116. The summed E-state index contributed by atoms with van der Waals surface area (Å²) in [5.41, 5.74) is 15.2. The average Bonchev–Trinajstić information content (AvgIpc) is 3.61. The smallest absolute Gasteiger partial charge is 0.0998 e. The van der Waals surface area contributed by atoms with Crippen molar-refractivity contribution < 1.29 is 0 Å². The maximum atomic E-state index is 10.8. The summed E-state index contributed by atoms with van der Waals surface area (Å²) in [5, 5.41) is 25.1. The standard InChI is InChI=1S/C43H32N4/c1-25-10-6-14-33-34-15-7-11-26(2)41(34)46(40(25)33)38-21-31(24-45)37(32-19-18-30(23-44)20-29(32)5)22-39(38)47-42-27(3)12-8-16-35(42)36-17-9-13-28(4)43(36)47/h6-22H,1-5H3. The van der Waals surface area contributed by atoms with Crippen LogP contribution in [0.3, 0.4) is 0 Å². The minimum Gasteiger partial charge on any atom is -0.307 e. The minimum atomic E-state index is 0.586. The predicted octanol–water partition coefficient (Wildman–Crippen LogP) is 10.8. The highest BCUT2D eigenvalue weighted by Crippen LogP contribution is 2.43. The second-order valence-corrected chi connectivity index (χ2v) is 12.7. The van der Waals surface area contributed by atoms with Crippen molar-refractivity contribution in [1.82, 2.24) is 9.13 Å². The Hall–Kier alpha value is -6.10. The van der Waals surface area contributed by atoms with Crippen molar-refractivity contribution in [2.45, 2.75) is 34.6 Å². The Morgan fingerprint density at radius 2 is 0.851 bits per heavy atom. The lowest BCUT2D eigenvalue weighted by Gasteiger charge is -2.21. The molecule has 47 heavy (non-hydrogen) atoms. The van der Waals surface area contributed by atoms with Gasteiger partial charge in [-0.1, -0.05) is 78.9 Å².